The van der Waals surface area contributed by atoms with E-state index >= 15 is 0 Å². The summed E-state index contributed by atoms with van der Waals surface area (Å²) < 4.78 is 4.58. The second-order valence-corrected chi connectivity index (χ2v) is 4.06. The van der Waals surface area contributed by atoms with Gasteiger partial charge in [-0.3, -0.25) is 4.79 Å². The van der Waals surface area contributed by atoms with Crippen LogP contribution in [0, 0.1) is 5.92 Å². The molecule has 0 aliphatic heterocycles. The van der Waals surface area contributed by atoms with Crippen molar-refractivity contribution in [1.29, 1.82) is 0 Å². The number of carbonyl (C=O) groups is 2. The van der Waals surface area contributed by atoms with E-state index < -0.39 is 5.97 Å². The molecular formula is C12H14N2O3. The van der Waals surface area contributed by atoms with Gasteiger partial charge in [0.2, 0.25) is 5.91 Å². The number of esters is 1. The number of nitrogens with two attached hydrogens (primary N) is 1. The minimum atomic E-state index is -0.447. The smallest absolute Gasteiger partial charge is 0.337 e. The van der Waals surface area contributed by atoms with E-state index in [9.17, 15) is 9.59 Å². The van der Waals surface area contributed by atoms with Crippen LogP contribution in [-0.2, 0) is 9.53 Å². The lowest BCUT2D eigenvalue weighted by Crippen LogP contribution is -2.15. The molecule has 1 amide bonds. The summed E-state index contributed by atoms with van der Waals surface area (Å²) in [4.78, 5) is 22.8. The van der Waals surface area contributed by atoms with Crippen LogP contribution in [-0.4, -0.2) is 19.0 Å². The van der Waals surface area contributed by atoms with E-state index in [1.54, 1.807) is 12.1 Å². The Morgan fingerprint density at radius 3 is 2.65 bits per heavy atom. The number of hydrogen-bond acceptors (Lipinski definition) is 4. The Labute approximate surface area is 98.9 Å². The van der Waals surface area contributed by atoms with Crippen molar-refractivity contribution in [2.24, 2.45) is 5.92 Å². The third kappa shape index (κ3) is 2.55. The molecule has 0 spiro atoms. The van der Waals surface area contributed by atoms with Crippen molar-refractivity contribution in [2.75, 3.05) is 18.2 Å². The van der Waals surface area contributed by atoms with Gasteiger partial charge in [-0.1, -0.05) is 0 Å². The molecule has 0 atom stereocenters. The van der Waals surface area contributed by atoms with Gasteiger partial charge in [-0.25, -0.2) is 4.79 Å². The zero-order chi connectivity index (χ0) is 12.4. The number of amides is 1. The van der Waals surface area contributed by atoms with E-state index in [1.807, 2.05) is 0 Å². The summed E-state index contributed by atoms with van der Waals surface area (Å²) in [6, 6.07) is 4.68. The molecule has 17 heavy (non-hydrogen) atoms. The first-order chi connectivity index (χ1) is 8.11. The summed E-state index contributed by atoms with van der Waals surface area (Å²) in [7, 11) is 1.31. The highest BCUT2D eigenvalue weighted by molar-refractivity contribution is 5.98. The highest BCUT2D eigenvalue weighted by Gasteiger charge is 2.29. The normalized spacial score (nSPS) is 14.2. The lowest BCUT2D eigenvalue weighted by atomic mass is 10.1. The maximum Gasteiger partial charge on any atom is 0.337 e. The molecule has 0 bridgehead atoms. The van der Waals surface area contributed by atoms with Gasteiger partial charge < -0.3 is 15.8 Å². The average Bonchev–Trinajstić information content (AvgIpc) is 3.14. The van der Waals surface area contributed by atoms with Gasteiger partial charge in [-0.05, 0) is 31.0 Å². The molecule has 0 saturated heterocycles. The van der Waals surface area contributed by atoms with Gasteiger partial charge in [0.1, 0.15) is 0 Å². The fourth-order valence-corrected chi connectivity index (χ4v) is 1.50. The summed E-state index contributed by atoms with van der Waals surface area (Å²) >= 11 is 0. The molecule has 1 fully saturated rings. The maximum atomic E-state index is 11.5. The molecule has 1 aromatic carbocycles. The highest BCUT2D eigenvalue weighted by Crippen LogP contribution is 2.31. The first kappa shape index (κ1) is 11.4. The number of anilines is 2. The quantitative estimate of drug-likeness (QED) is 0.612. The summed E-state index contributed by atoms with van der Waals surface area (Å²) in [5.74, 6) is -0.339. The predicted octanol–water partition coefficient (Wildman–Crippen LogP) is 1.40. The fourth-order valence-electron chi connectivity index (χ4n) is 1.50. The number of nitrogen functional groups attached to an aromatic ring is 1. The van der Waals surface area contributed by atoms with Crippen molar-refractivity contribution in [3.63, 3.8) is 0 Å². The molecular weight excluding hydrogens is 220 g/mol. The van der Waals surface area contributed by atoms with Crippen molar-refractivity contribution < 1.29 is 14.3 Å². The van der Waals surface area contributed by atoms with Gasteiger partial charge in [0, 0.05) is 5.92 Å². The van der Waals surface area contributed by atoms with Crippen LogP contribution in [0.25, 0.3) is 0 Å². The van der Waals surface area contributed by atoms with Crippen LogP contribution in [0.1, 0.15) is 23.2 Å². The zero-order valence-corrected chi connectivity index (χ0v) is 9.53. The summed E-state index contributed by atoms with van der Waals surface area (Å²) in [6.45, 7) is 0. The highest BCUT2D eigenvalue weighted by atomic mass is 16.5. The van der Waals surface area contributed by atoms with Crippen LogP contribution in [0.5, 0.6) is 0 Å². The maximum absolute atomic E-state index is 11.5. The number of nitrogens with one attached hydrogen (secondary N) is 1. The lowest BCUT2D eigenvalue weighted by Gasteiger charge is -2.08. The van der Waals surface area contributed by atoms with Gasteiger partial charge in [0.05, 0.1) is 24.0 Å². The Hall–Kier alpha value is -2.04. The third-order valence-corrected chi connectivity index (χ3v) is 2.68. The number of rotatable bonds is 3. The van der Waals surface area contributed by atoms with Gasteiger partial charge in [-0.2, -0.15) is 0 Å². The van der Waals surface area contributed by atoms with Gasteiger partial charge in [-0.15, -0.1) is 0 Å². The lowest BCUT2D eigenvalue weighted by molar-refractivity contribution is -0.117. The van der Waals surface area contributed by atoms with Crippen LogP contribution in [0.4, 0.5) is 11.4 Å². The van der Waals surface area contributed by atoms with E-state index in [0.717, 1.165) is 12.8 Å². The molecule has 0 unspecified atom stereocenters. The topological polar surface area (TPSA) is 81.4 Å². The second kappa shape index (κ2) is 4.45. The van der Waals surface area contributed by atoms with E-state index in [4.69, 9.17) is 5.73 Å². The molecule has 0 radical (unpaired) electrons. The van der Waals surface area contributed by atoms with E-state index in [-0.39, 0.29) is 11.8 Å². The second-order valence-electron chi connectivity index (χ2n) is 4.06. The number of carbonyl (C=O) groups excluding carboxylic acids is 2. The first-order valence-corrected chi connectivity index (χ1v) is 5.40. The Kier molecular flexibility index (Phi) is 2.99. The van der Waals surface area contributed by atoms with Crippen LogP contribution < -0.4 is 11.1 Å². The van der Waals surface area contributed by atoms with Crippen LogP contribution in [0.15, 0.2) is 18.2 Å². The summed E-state index contributed by atoms with van der Waals surface area (Å²) in [6.07, 6.45) is 1.87. The Bertz CT molecular complexity index is 467. The molecule has 90 valence electrons. The van der Waals surface area contributed by atoms with Crippen LogP contribution in [0.3, 0.4) is 0 Å². The van der Waals surface area contributed by atoms with Crippen LogP contribution in [0.2, 0.25) is 0 Å². The molecule has 5 nitrogen and oxygen atoms in total. The zero-order valence-electron chi connectivity index (χ0n) is 9.53. The van der Waals surface area contributed by atoms with Gasteiger partial charge in [0.15, 0.2) is 0 Å². The van der Waals surface area contributed by atoms with Crippen molar-refractivity contribution >= 4 is 23.3 Å². The number of hydrogen-bond donors (Lipinski definition) is 2. The van der Waals surface area contributed by atoms with E-state index in [1.165, 1.54) is 13.2 Å². The Morgan fingerprint density at radius 1 is 1.41 bits per heavy atom. The minimum Gasteiger partial charge on any atom is -0.465 e. The predicted molar refractivity (Wildman–Crippen MR) is 63.5 cm³/mol. The molecule has 1 aromatic rings. The molecule has 1 aliphatic carbocycles. The Morgan fingerprint density at radius 2 is 2.12 bits per heavy atom. The monoisotopic (exact) mass is 234 g/mol. The summed E-state index contributed by atoms with van der Waals surface area (Å²) in [5, 5.41) is 2.74. The van der Waals surface area contributed by atoms with Crippen molar-refractivity contribution in [3.8, 4) is 0 Å². The molecule has 1 saturated carbocycles. The van der Waals surface area contributed by atoms with E-state index in [2.05, 4.69) is 10.1 Å². The third-order valence-electron chi connectivity index (χ3n) is 2.68. The molecule has 3 N–H and O–H groups in total. The van der Waals surface area contributed by atoms with Gasteiger partial charge in [0.25, 0.3) is 0 Å². The van der Waals surface area contributed by atoms with Crippen molar-refractivity contribution in [3.05, 3.63) is 23.8 Å². The molecule has 0 heterocycles. The average molecular weight is 234 g/mol. The first-order valence-electron chi connectivity index (χ1n) is 5.40. The van der Waals surface area contributed by atoms with E-state index in [0.29, 0.717) is 16.9 Å². The number of benzene rings is 1. The molecule has 5 heteroatoms. The molecule has 1 aliphatic rings. The number of methoxy groups -OCH3 is 1. The minimum absolute atomic E-state index is 0.0116. The van der Waals surface area contributed by atoms with Crippen LogP contribution >= 0.6 is 0 Å². The molecule has 2 rings (SSSR count). The molecule has 0 aromatic heterocycles. The number of ether oxygens (including phenoxy) is 1. The standard InChI is InChI=1S/C12H14N2O3/c1-17-12(16)8-4-5-10(9(13)6-8)14-11(15)7-2-3-7/h4-7H,2-3,13H2,1H3,(H,14,15). The fraction of sp³-hybridized carbons (Fsp3) is 0.333. The van der Waals surface area contributed by atoms with Gasteiger partial charge >= 0.3 is 5.97 Å². The SMILES string of the molecule is COC(=O)c1ccc(NC(=O)C2CC2)c(N)c1. The summed E-state index contributed by atoms with van der Waals surface area (Å²) in [5.41, 5.74) is 7.03. The largest absolute Gasteiger partial charge is 0.465 e. The Balaban J connectivity index is 2.13. The van der Waals surface area contributed by atoms with Crippen molar-refractivity contribution in [1.82, 2.24) is 0 Å². The van der Waals surface area contributed by atoms with Crippen molar-refractivity contribution in [2.45, 2.75) is 12.8 Å².